The van der Waals surface area contributed by atoms with Crippen LogP contribution in [0.4, 0.5) is 5.69 Å². The second kappa shape index (κ2) is 7.61. The lowest BCUT2D eigenvalue weighted by molar-refractivity contribution is -0.139. The van der Waals surface area contributed by atoms with Gasteiger partial charge in [0.05, 0.1) is 11.1 Å². The molecule has 2 aromatic rings. The number of para-hydroxylation sites is 1. The van der Waals surface area contributed by atoms with E-state index in [0.29, 0.717) is 28.2 Å². The summed E-state index contributed by atoms with van der Waals surface area (Å²) in [4.78, 5) is 23.0. The molecule has 0 saturated carbocycles. The Labute approximate surface area is 158 Å². The lowest BCUT2D eigenvalue weighted by Gasteiger charge is -2.13. The van der Waals surface area contributed by atoms with E-state index >= 15 is 0 Å². The summed E-state index contributed by atoms with van der Waals surface area (Å²) in [6.07, 6.45) is 1.76. The predicted molar refractivity (Wildman–Crippen MR) is 101 cm³/mol. The van der Waals surface area contributed by atoms with E-state index in [1.165, 1.54) is 0 Å². The number of rotatable bonds is 6. The van der Waals surface area contributed by atoms with Gasteiger partial charge in [-0.15, -0.1) is 0 Å². The van der Waals surface area contributed by atoms with Gasteiger partial charge in [-0.3, -0.25) is 4.79 Å². The molecule has 7 heteroatoms. The van der Waals surface area contributed by atoms with Crippen LogP contribution in [0.2, 0.25) is 0 Å². The molecule has 0 spiro atoms. The van der Waals surface area contributed by atoms with Gasteiger partial charge in [0, 0.05) is 16.8 Å². The van der Waals surface area contributed by atoms with Crippen molar-refractivity contribution in [1.82, 2.24) is 0 Å². The van der Waals surface area contributed by atoms with Crippen LogP contribution in [0.3, 0.4) is 0 Å². The zero-order chi connectivity index (χ0) is 18.7. The molecule has 0 aromatic heterocycles. The van der Waals surface area contributed by atoms with Crippen molar-refractivity contribution in [2.24, 2.45) is 0 Å². The fraction of sp³-hybridized carbons (Fsp3) is 0.158. The van der Waals surface area contributed by atoms with Crippen LogP contribution in [0.25, 0.3) is 11.6 Å². The maximum Gasteiger partial charge on any atom is 0.341 e. The maximum atomic E-state index is 12.3. The fourth-order valence-electron chi connectivity index (χ4n) is 2.66. The summed E-state index contributed by atoms with van der Waals surface area (Å²) in [5.41, 5.74) is 2.88. The Bertz CT molecular complexity index is 907. The van der Waals surface area contributed by atoms with E-state index in [0.717, 1.165) is 16.8 Å². The SMILES string of the molecule is CCOc1cc(C=C2C(=O)Nc3ccccc32)cc(Br)c1OCC(=O)O. The molecule has 0 saturated heterocycles. The van der Waals surface area contributed by atoms with Gasteiger partial charge in [0.25, 0.3) is 5.91 Å². The number of carboxylic acids is 1. The van der Waals surface area contributed by atoms with E-state index in [2.05, 4.69) is 21.2 Å². The number of benzene rings is 2. The molecule has 134 valence electrons. The molecule has 0 fully saturated rings. The van der Waals surface area contributed by atoms with Crippen LogP contribution in [0.5, 0.6) is 11.5 Å². The zero-order valence-corrected chi connectivity index (χ0v) is 15.5. The second-order valence-electron chi connectivity index (χ2n) is 5.50. The highest BCUT2D eigenvalue weighted by molar-refractivity contribution is 9.10. The number of hydrogen-bond donors (Lipinski definition) is 2. The van der Waals surface area contributed by atoms with Gasteiger partial charge in [0.1, 0.15) is 0 Å². The number of fused-ring (bicyclic) bond motifs is 1. The lowest BCUT2D eigenvalue weighted by atomic mass is 10.0. The minimum Gasteiger partial charge on any atom is -0.490 e. The smallest absolute Gasteiger partial charge is 0.341 e. The quantitative estimate of drug-likeness (QED) is 0.698. The predicted octanol–water partition coefficient (Wildman–Crippen LogP) is 3.80. The van der Waals surface area contributed by atoms with Crippen molar-refractivity contribution < 1.29 is 24.2 Å². The van der Waals surface area contributed by atoms with Crippen molar-refractivity contribution in [1.29, 1.82) is 0 Å². The van der Waals surface area contributed by atoms with Crippen molar-refractivity contribution in [3.8, 4) is 11.5 Å². The molecule has 0 radical (unpaired) electrons. The molecule has 1 aliphatic rings. The van der Waals surface area contributed by atoms with Crippen LogP contribution < -0.4 is 14.8 Å². The fourth-order valence-corrected chi connectivity index (χ4v) is 3.23. The number of halogens is 1. The van der Waals surface area contributed by atoms with Crippen molar-refractivity contribution >= 4 is 45.1 Å². The van der Waals surface area contributed by atoms with Crippen molar-refractivity contribution in [2.75, 3.05) is 18.5 Å². The lowest BCUT2D eigenvalue weighted by Crippen LogP contribution is -2.11. The Balaban J connectivity index is 2.01. The Morgan fingerprint density at radius 3 is 2.77 bits per heavy atom. The Morgan fingerprint density at radius 2 is 2.04 bits per heavy atom. The normalized spacial score (nSPS) is 14.1. The van der Waals surface area contributed by atoms with Crippen molar-refractivity contribution in [2.45, 2.75) is 6.92 Å². The van der Waals surface area contributed by atoms with Crippen LogP contribution in [0.1, 0.15) is 18.1 Å². The van der Waals surface area contributed by atoms with Gasteiger partial charge in [-0.1, -0.05) is 18.2 Å². The van der Waals surface area contributed by atoms with Crippen LogP contribution in [-0.4, -0.2) is 30.2 Å². The molecule has 26 heavy (non-hydrogen) atoms. The highest BCUT2D eigenvalue weighted by atomic mass is 79.9. The number of amides is 1. The van der Waals surface area contributed by atoms with Crippen LogP contribution >= 0.6 is 15.9 Å². The minimum atomic E-state index is -1.08. The van der Waals surface area contributed by atoms with E-state index in [9.17, 15) is 9.59 Å². The monoisotopic (exact) mass is 417 g/mol. The molecule has 0 aliphatic carbocycles. The number of hydrogen-bond acceptors (Lipinski definition) is 4. The summed E-state index contributed by atoms with van der Waals surface area (Å²) in [6.45, 7) is 1.73. The molecule has 2 aromatic carbocycles. The zero-order valence-electron chi connectivity index (χ0n) is 13.9. The number of ether oxygens (including phenoxy) is 2. The summed E-state index contributed by atoms with van der Waals surface area (Å²) in [7, 11) is 0. The largest absolute Gasteiger partial charge is 0.490 e. The minimum absolute atomic E-state index is 0.175. The molecule has 6 nitrogen and oxygen atoms in total. The molecule has 0 bridgehead atoms. The van der Waals surface area contributed by atoms with E-state index < -0.39 is 12.6 Å². The van der Waals surface area contributed by atoms with Crippen molar-refractivity contribution in [3.05, 3.63) is 52.0 Å². The first-order valence-corrected chi connectivity index (χ1v) is 8.72. The third kappa shape index (κ3) is 3.72. The first kappa shape index (κ1) is 18.0. The number of carbonyl (C=O) groups excluding carboxylic acids is 1. The van der Waals surface area contributed by atoms with Gasteiger partial charge in [-0.05, 0) is 52.7 Å². The molecular weight excluding hydrogens is 402 g/mol. The van der Waals surface area contributed by atoms with Gasteiger partial charge in [0.15, 0.2) is 18.1 Å². The van der Waals surface area contributed by atoms with Gasteiger partial charge in [-0.2, -0.15) is 0 Å². The Hall–Kier alpha value is -2.80. The number of carbonyl (C=O) groups is 2. The second-order valence-corrected chi connectivity index (χ2v) is 6.36. The third-order valence-corrected chi connectivity index (χ3v) is 4.28. The number of anilines is 1. The molecule has 1 aliphatic heterocycles. The molecule has 1 amide bonds. The molecule has 3 rings (SSSR count). The molecule has 2 N–H and O–H groups in total. The van der Waals surface area contributed by atoms with Crippen LogP contribution in [0, 0.1) is 0 Å². The molecule has 0 atom stereocenters. The van der Waals surface area contributed by atoms with E-state index in [1.54, 1.807) is 18.2 Å². The molecular formula is C19H16BrNO5. The van der Waals surface area contributed by atoms with Gasteiger partial charge in [-0.25, -0.2) is 4.79 Å². The van der Waals surface area contributed by atoms with E-state index in [1.807, 2.05) is 31.2 Å². The topological polar surface area (TPSA) is 84.9 Å². The average Bonchev–Trinajstić information content (AvgIpc) is 2.90. The highest BCUT2D eigenvalue weighted by Gasteiger charge is 2.23. The summed E-state index contributed by atoms with van der Waals surface area (Å²) in [5.74, 6) is -0.536. The highest BCUT2D eigenvalue weighted by Crippen LogP contribution is 2.39. The average molecular weight is 418 g/mol. The number of aliphatic carboxylic acids is 1. The third-order valence-electron chi connectivity index (χ3n) is 3.69. The summed E-state index contributed by atoms with van der Waals surface area (Å²) >= 11 is 3.39. The van der Waals surface area contributed by atoms with Gasteiger partial charge >= 0.3 is 5.97 Å². The van der Waals surface area contributed by atoms with E-state index in [4.69, 9.17) is 14.6 Å². The first-order chi connectivity index (χ1) is 12.5. The van der Waals surface area contributed by atoms with Gasteiger partial charge in [0.2, 0.25) is 0 Å². The van der Waals surface area contributed by atoms with Crippen LogP contribution in [-0.2, 0) is 9.59 Å². The Kier molecular flexibility index (Phi) is 5.27. The first-order valence-electron chi connectivity index (χ1n) is 7.93. The summed E-state index contributed by atoms with van der Waals surface area (Å²) < 4.78 is 11.4. The van der Waals surface area contributed by atoms with Gasteiger partial charge < -0.3 is 19.9 Å². The van der Waals surface area contributed by atoms with E-state index in [-0.39, 0.29) is 5.91 Å². The van der Waals surface area contributed by atoms with Crippen molar-refractivity contribution in [3.63, 3.8) is 0 Å². The maximum absolute atomic E-state index is 12.3. The number of carboxylic acid groups (broad SMARTS) is 1. The Morgan fingerprint density at radius 1 is 1.27 bits per heavy atom. The number of nitrogens with one attached hydrogen (secondary N) is 1. The summed E-state index contributed by atoms with van der Waals surface area (Å²) in [5, 5.41) is 11.6. The summed E-state index contributed by atoms with van der Waals surface area (Å²) in [6, 6.07) is 10.9. The standard InChI is InChI=1S/C19H16BrNO5/c1-2-25-16-9-11(8-14(20)18(16)26-10-17(22)23)7-13-12-5-3-4-6-15(12)21-19(13)24/h3-9H,2,10H2,1H3,(H,21,24)(H,22,23). The molecule has 0 unspecified atom stereocenters. The molecule has 1 heterocycles. The van der Waals surface area contributed by atoms with Crippen LogP contribution in [0.15, 0.2) is 40.9 Å².